The van der Waals surface area contributed by atoms with Crippen LogP contribution in [0.1, 0.15) is 25.5 Å². The monoisotopic (exact) mass is 290 g/mol. The molecule has 0 radical (unpaired) electrons. The molecule has 0 N–H and O–H groups in total. The highest BCUT2D eigenvalue weighted by atomic mass is 127. The largest absolute Gasteiger partial charge is 0.458 e. The van der Waals surface area contributed by atoms with E-state index in [4.69, 9.17) is 4.74 Å². The maximum Gasteiger partial charge on any atom is 0.303 e. The van der Waals surface area contributed by atoms with Gasteiger partial charge in [-0.1, -0.05) is 18.2 Å². The zero-order valence-electron chi connectivity index (χ0n) is 7.58. The molecule has 0 amide bonds. The fourth-order valence-electron chi connectivity index (χ4n) is 1.12. The minimum Gasteiger partial charge on any atom is -0.458 e. The highest BCUT2D eigenvalue weighted by molar-refractivity contribution is 14.1. The molecular formula is C10H11IO2. The molecule has 0 aromatic heterocycles. The van der Waals surface area contributed by atoms with E-state index >= 15 is 0 Å². The molecule has 0 aliphatic rings. The molecule has 0 saturated heterocycles. The molecule has 13 heavy (non-hydrogen) atoms. The van der Waals surface area contributed by atoms with E-state index in [9.17, 15) is 4.79 Å². The Bertz CT molecular complexity index is 310. The summed E-state index contributed by atoms with van der Waals surface area (Å²) in [6, 6.07) is 7.87. The van der Waals surface area contributed by atoms with Gasteiger partial charge in [-0.25, -0.2) is 0 Å². The van der Waals surface area contributed by atoms with Crippen LogP contribution in [-0.4, -0.2) is 5.97 Å². The maximum absolute atomic E-state index is 10.7. The van der Waals surface area contributed by atoms with Gasteiger partial charge >= 0.3 is 5.97 Å². The van der Waals surface area contributed by atoms with Crippen molar-refractivity contribution >= 4 is 28.6 Å². The Morgan fingerprint density at radius 2 is 2.08 bits per heavy atom. The van der Waals surface area contributed by atoms with Gasteiger partial charge in [0.15, 0.2) is 0 Å². The third-order valence-corrected chi connectivity index (χ3v) is 2.67. The van der Waals surface area contributed by atoms with E-state index in [1.807, 2.05) is 31.2 Å². The molecule has 70 valence electrons. The number of rotatable bonds is 2. The smallest absolute Gasteiger partial charge is 0.303 e. The van der Waals surface area contributed by atoms with Crippen LogP contribution in [0.25, 0.3) is 0 Å². The molecule has 1 atom stereocenters. The molecule has 1 aromatic rings. The Morgan fingerprint density at radius 3 is 2.62 bits per heavy atom. The summed E-state index contributed by atoms with van der Waals surface area (Å²) in [6.45, 7) is 3.30. The fourth-order valence-corrected chi connectivity index (χ4v) is 1.94. The predicted octanol–water partition coefficient (Wildman–Crippen LogP) is 2.92. The summed E-state index contributed by atoms with van der Waals surface area (Å²) < 4.78 is 6.19. The fraction of sp³-hybridized carbons (Fsp3) is 0.300. The first-order valence-electron chi connectivity index (χ1n) is 4.03. The minimum atomic E-state index is -0.243. The second kappa shape index (κ2) is 4.60. The quantitative estimate of drug-likeness (QED) is 0.618. The van der Waals surface area contributed by atoms with Crippen molar-refractivity contribution in [1.29, 1.82) is 0 Å². The van der Waals surface area contributed by atoms with Gasteiger partial charge in [0.2, 0.25) is 0 Å². The molecule has 0 aliphatic heterocycles. The van der Waals surface area contributed by atoms with Gasteiger partial charge in [0.1, 0.15) is 6.10 Å². The molecular weight excluding hydrogens is 279 g/mol. The zero-order valence-corrected chi connectivity index (χ0v) is 9.74. The van der Waals surface area contributed by atoms with Crippen LogP contribution in [0.5, 0.6) is 0 Å². The Hall–Kier alpha value is -0.580. The molecule has 3 heteroatoms. The lowest BCUT2D eigenvalue weighted by molar-refractivity contribution is -0.145. The van der Waals surface area contributed by atoms with Crippen molar-refractivity contribution < 1.29 is 9.53 Å². The molecule has 0 bridgehead atoms. The number of hydrogen-bond acceptors (Lipinski definition) is 2. The van der Waals surface area contributed by atoms with Crippen LogP contribution in [0.15, 0.2) is 24.3 Å². The van der Waals surface area contributed by atoms with Crippen molar-refractivity contribution in [3.05, 3.63) is 33.4 Å². The molecule has 0 heterocycles. The second-order valence-electron chi connectivity index (χ2n) is 2.77. The second-order valence-corrected chi connectivity index (χ2v) is 3.94. The van der Waals surface area contributed by atoms with Gasteiger partial charge in [0.05, 0.1) is 0 Å². The Labute approximate surface area is 91.4 Å². The van der Waals surface area contributed by atoms with Crippen molar-refractivity contribution in [2.45, 2.75) is 20.0 Å². The van der Waals surface area contributed by atoms with Gasteiger partial charge in [-0.2, -0.15) is 0 Å². The molecule has 0 saturated carbocycles. The van der Waals surface area contributed by atoms with Crippen LogP contribution >= 0.6 is 22.6 Å². The van der Waals surface area contributed by atoms with Crippen LogP contribution in [0.3, 0.4) is 0 Å². The number of benzene rings is 1. The van der Waals surface area contributed by atoms with E-state index in [2.05, 4.69) is 22.6 Å². The summed E-state index contributed by atoms with van der Waals surface area (Å²) in [6.07, 6.45) is -0.161. The zero-order chi connectivity index (χ0) is 9.84. The van der Waals surface area contributed by atoms with E-state index in [0.717, 1.165) is 9.13 Å². The SMILES string of the molecule is CC(=O)OC(C)c1ccccc1I. The molecule has 1 aromatic carbocycles. The van der Waals surface area contributed by atoms with Crippen molar-refractivity contribution in [3.63, 3.8) is 0 Å². The van der Waals surface area contributed by atoms with Crippen LogP contribution in [0.4, 0.5) is 0 Å². The Balaban J connectivity index is 2.82. The van der Waals surface area contributed by atoms with Crippen molar-refractivity contribution in [2.24, 2.45) is 0 Å². The Kier molecular flexibility index (Phi) is 3.71. The summed E-state index contributed by atoms with van der Waals surface area (Å²) in [5.41, 5.74) is 1.05. The Morgan fingerprint density at radius 1 is 1.46 bits per heavy atom. The molecule has 1 unspecified atom stereocenters. The number of ether oxygens (including phenoxy) is 1. The van der Waals surface area contributed by atoms with Gasteiger partial charge in [-0.3, -0.25) is 4.79 Å². The van der Waals surface area contributed by atoms with Crippen molar-refractivity contribution in [1.82, 2.24) is 0 Å². The first-order valence-corrected chi connectivity index (χ1v) is 5.11. The summed E-state index contributed by atoms with van der Waals surface area (Å²) in [5, 5.41) is 0. The van der Waals surface area contributed by atoms with Gasteiger partial charge in [0.25, 0.3) is 0 Å². The standard InChI is InChI=1S/C10H11IO2/c1-7(13-8(2)12)9-5-3-4-6-10(9)11/h3-7H,1-2H3. The predicted molar refractivity (Wildman–Crippen MR) is 59.3 cm³/mol. The molecule has 0 fully saturated rings. The van der Waals surface area contributed by atoms with E-state index in [-0.39, 0.29) is 12.1 Å². The van der Waals surface area contributed by atoms with Crippen LogP contribution in [-0.2, 0) is 9.53 Å². The first kappa shape index (κ1) is 10.5. The van der Waals surface area contributed by atoms with E-state index < -0.39 is 0 Å². The molecule has 0 spiro atoms. The third kappa shape index (κ3) is 2.99. The van der Waals surface area contributed by atoms with Crippen LogP contribution < -0.4 is 0 Å². The molecule has 2 nitrogen and oxygen atoms in total. The van der Waals surface area contributed by atoms with E-state index in [1.165, 1.54) is 6.92 Å². The lowest BCUT2D eigenvalue weighted by Gasteiger charge is -2.13. The summed E-state index contributed by atoms with van der Waals surface area (Å²) in [4.78, 5) is 10.7. The lowest BCUT2D eigenvalue weighted by atomic mass is 10.1. The maximum atomic E-state index is 10.7. The van der Waals surface area contributed by atoms with Crippen LogP contribution in [0, 0.1) is 3.57 Å². The van der Waals surface area contributed by atoms with E-state index in [1.54, 1.807) is 0 Å². The van der Waals surface area contributed by atoms with Gasteiger partial charge in [-0.05, 0) is 35.6 Å². The topological polar surface area (TPSA) is 26.3 Å². The highest BCUT2D eigenvalue weighted by Gasteiger charge is 2.10. The average molecular weight is 290 g/mol. The molecule has 1 rings (SSSR count). The third-order valence-electron chi connectivity index (χ3n) is 1.69. The summed E-state index contributed by atoms with van der Waals surface area (Å²) in [7, 11) is 0. The highest BCUT2D eigenvalue weighted by Crippen LogP contribution is 2.22. The van der Waals surface area contributed by atoms with Crippen LogP contribution in [0.2, 0.25) is 0 Å². The van der Waals surface area contributed by atoms with Gasteiger partial charge < -0.3 is 4.74 Å². The normalized spacial score (nSPS) is 12.2. The number of esters is 1. The number of hydrogen-bond donors (Lipinski definition) is 0. The first-order chi connectivity index (χ1) is 6.11. The number of carbonyl (C=O) groups excluding carboxylic acids is 1. The summed E-state index contributed by atoms with van der Waals surface area (Å²) in [5.74, 6) is -0.243. The van der Waals surface area contributed by atoms with E-state index in [0.29, 0.717) is 0 Å². The van der Waals surface area contributed by atoms with Crippen molar-refractivity contribution in [3.8, 4) is 0 Å². The number of halogens is 1. The number of carbonyl (C=O) groups is 1. The average Bonchev–Trinajstić information content (AvgIpc) is 2.03. The molecule has 0 aliphatic carbocycles. The van der Waals surface area contributed by atoms with Gasteiger partial charge in [0, 0.05) is 16.1 Å². The minimum absolute atomic E-state index is 0.161. The van der Waals surface area contributed by atoms with Gasteiger partial charge in [-0.15, -0.1) is 0 Å². The lowest BCUT2D eigenvalue weighted by Crippen LogP contribution is -2.05. The van der Waals surface area contributed by atoms with Crippen molar-refractivity contribution in [2.75, 3.05) is 0 Å². The summed E-state index contributed by atoms with van der Waals surface area (Å²) >= 11 is 2.23.